The van der Waals surface area contributed by atoms with E-state index >= 15 is 0 Å². The van der Waals surface area contributed by atoms with Gasteiger partial charge in [0.15, 0.2) is 0 Å². The molecule has 0 unspecified atom stereocenters. The van der Waals surface area contributed by atoms with Gasteiger partial charge in [0.05, 0.1) is 10.6 Å². The minimum atomic E-state index is -1.05. The molecular weight excluding hydrogens is 290 g/mol. The van der Waals surface area contributed by atoms with Gasteiger partial charge in [-0.05, 0) is 42.0 Å². The molecule has 0 saturated heterocycles. The zero-order valence-electron chi connectivity index (χ0n) is 10.8. The summed E-state index contributed by atoms with van der Waals surface area (Å²) < 4.78 is 5.61. The fourth-order valence-corrected chi connectivity index (χ4v) is 1.88. The molecule has 2 aromatic carbocycles. The third kappa shape index (κ3) is 3.85. The minimum absolute atomic E-state index is 0.361. The van der Waals surface area contributed by atoms with E-state index in [1.54, 1.807) is 42.5 Å². The number of rotatable bonds is 4. The van der Waals surface area contributed by atoms with Gasteiger partial charge in [-0.15, -0.1) is 0 Å². The topological polar surface area (TPSA) is 70.3 Å². The number of hydrogen-bond acceptors (Lipinski definition) is 3. The Kier molecular flexibility index (Phi) is 4.60. The van der Waals surface area contributed by atoms with Gasteiger partial charge in [0.1, 0.15) is 17.6 Å². The normalized spacial score (nSPS) is 10.3. The number of para-hydroxylation sites is 1. The summed E-state index contributed by atoms with van der Waals surface area (Å²) in [5.74, 6) is -0.144. The largest absolute Gasteiger partial charge is 0.478 e. The quantitative estimate of drug-likeness (QED) is 0.863. The SMILES string of the molecule is N#Cc1ccccc1Oc1ccc(/C=C/C(=O)O)c(Cl)c1. The van der Waals surface area contributed by atoms with Gasteiger partial charge in [0.25, 0.3) is 0 Å². The molecule has 4 nitrogen and oxygen atoms in total. The van der Waals surface area contributed by atoms with Gasteiger partial charge in [0.2, 0.25) is 0 Å². The van der Waals surface area contributed by atoms with E-state index in [0.717, 1.165) is 6.08 Å². The first-order valence-electron chi connectivity index (χ1n) is 5.97. The Balaban J connectivity index is 2.25. The Morgan fingerprint density at radius 2 is 2.05 bits per heavy atom. The maximum atomic E-state index is 10.5. The van der Waals surface area contributed by atoms with Crippen molar-refractivity contribution in [1.29, 1.82) is 5.26 Å². The number of nitriles is 1. The smallest absolute Gasteiger partial charge is 0.328 e. The van der Waals surface area contributed by atoms with Crippen molar-refractivity contribution in [3.63, 3.8) is 0 Å². The highest BCUT2D eigenvalue weighted by Crippen LogP contribution is 2.29. The highest BCUT2D eigenvalue weighted by Gasteiger charge is 2.05. The Bertz CT molecular complexity index is 747. The van der Waals surface area contributed by atoms with Crippen LogP contribution in [0.3, 0.4) is 0 Å². The molecule has 0 saturated carbocycles. The van der Waals surface area contributed by atoms with Crippen LogP contribution in [0.25, 0.3) is 6.08 Å². The van der Waals surface area contributed by atoms with Gasteiger partial charge >= 0.3 is 5.97 Å². The first-order valence-corrected chi connectivity index (χ1v) is 6.35. The lowest BCUT2D eigenvalue weighted by Crippen LogP contribution is -1.89. The van der Waals surface area contributed by atoms with Crippen LogP contribution in [0.4, 0.5) is 0 Å². The maximum absolute atomic E-state index is 10.5. The van der Waals surface area contributed by atoms with Gasteiger partial charge in [-0.2, -0.15) is 5.26 Å². The zero-order chi connectivity index (χ0) is 15.2. The van der Waals surface area contributed by atoms with E-state index in [2.05, 4.69) is 0 Å². The molecule has 0 radical (unpaired) electrons. The van der Waals surface area contributed by atoms with Gasteiger partial charge < -0.3 is 9.84 Å². The fourth-order valence-electron chi connectivity index (χ4n) is 1.64. The average molecular weight is 300 g/mol. The second kappa shape index (κ2) is 6.60. The lowest BCUT2D eigenvalue weighted by atomic mass is 10.2. The van der Waals surface area contributed by atoms with E-state index < -0.39 is 5.97 Å². The molecule has 0 atom stereocenters. The number of hydrogen-bond donors (Lipinski definition) is 1. The Morgan fingerprint density at radius 1 is 1.29 bits per heavy atom. The zero-order valence-corrected chi connectivity index (χ0v) is 11.5. The third-order valence-corrected chi connectivity index (χ3v) is 2.94. The predicted molar refractivity (Wildman–Crippen MR) is 79.4 cm³/mol. The number of ether oxygens (including phenoxy) is 1. The van der Waals surface area contributed by atoms with Crippen molar-refractivity contribution in [3.05, 3.63) is 64.7 Å². The van der Waals surface area contributed by atoms with Crippen LogP contribution >= 0.6 is 11.6 Å². The van der Waals surface area contributed by atoms with E-state index in [1.807, 2.05) is 6.07 Å². The molecule has 0 heterocycles. The Hall–Kier alpha value is -2.77. The summed E-state index contributed by atoms with van der Waals surface area (Å²) in [7, 11) is 0. The minimum Gasteiger partial charge on any atom is -0.478 e. The van der Waals surface area contributed by atoms with Crippen LogP contribution in [-0.2, 0) is 4.79 Å². The van der Waals surface area contributed by atoms with Gasteiger partial charge in [0, 0.05) is 6.08 Å². The molecule has 0 aromatic heterocycles. The number of carboxylic acid groups (broad SMARTS) is 1. The molecule has 21 heavy (non-hydrogen) atoms. The third-order valence-electron chi connectivity index (χ3n) is 2.61. The summed E-state index contributed by atoms with van der Waals surface area (Å²) in [4.78, 5) is 10.5. The molecular formula is C16H10ClNO3. The van der Waals surface area contributed by atoms with Crippen molar-refractivity contribution < 1.29 is 14.6 Å². The molecule has 104 valence electrons. The maximum Gasteiger partial charge on any atom is 0.328 e. The van der Waals surface area contributed by atoms with Crippen molar-refractivity contribution in [1.82, 2.24) is 0 Å². The lowest BCUT2D eigenvalue weighted by Gasteiger charge is -2.08. The monoisotopic (exact) mass is 299 g/mol. The first-order chi connectivity index (χ1) is 10.1. The molecule has 0 aliphatic heterocycles. The fraction of sp³-hybridized carbons (Fsp3) is 0. The van der Waals surface area contributed by atoms with Crippen LogP contribution in [0.2, 0.25) is 5.02 Å². The molecule has 0 fully saturated rings. The second-order valence-corrected chi connectivity index (χ2v) is 4.47. The van der Waals surface area contributed by atoms with Crippen LogP contribution in [0.5, 0.6) is 11.5 Å². The van der Waals surface area contributed by atoms with Crippen molar-refractivity contribution in [2.24, 2.45) is 0 Å². The van der Waals surface area contributed by atoms with E-state index in [9.17, 15) is 4.79 Å². The van der Waals surface area contributed by atoms with Crippen LogP contribution in [0, 0.1) is 11.3 Å². The Morgan fingerprint density at radius 3 is 2.71 bits per heavy atom. The van der Waals surface area contributed by atoms with E-state index in [1.165, 1.54) is 6.08 Å². The Labute approximate surface area is 126 Å². The van der Waals surface area contributed by atoms with Crippen LogP contribution in [-0.4, -0.2) is 11.1 Å². The number of aliphatic carboxylic acids is 1. The molecule has 5 heteroatoms. The number of halogens is 1. The lowest BCUT2D eigenvalue weighted by molar-refractivity contribution is -0.131. The van der Waals surface area contributed by atoms with E-state index in [0.29, 0.717) is 27.6 Å². The second-order valence-electron chi connectivity index (χ2n) is 4.06. The van der Waals surface area contributed by atoms with Gasteiger partial charge in [-0.1, -0.05) is 23.7 Å². The van der Waals surface area contributed by atoms with Crippen molar-refractivity contribution in [3.8, 4) is 17.6 Å². The van der Waals surface area contributed by atoms with Crippen LogP contribution in [0.1, 0.15) is 11.1 Å². The van der Waals surface area contributed by atoms with Crippen molar-refractivity contribution in [2.75, 3.05) is 0 Å². The van der Waals surface area contributed by atoms with Gasteiger partial charge in [-0.3, -0.25) is 0 Å². The molecule has 0 aliphatic carbocycles. The molecule has 0 spiro atoms. The number of carbonyl (C=O) groups is 1. The summed E-state index contributed by atoms with van der Waals surface area (Å²) in [6.45, 7) is 0. The number of benzene rings is 2. The van der Waals surface area contributed by atoms with Crippen molar-refractivity contribution in [2.45, 2.75) is 0 Å². The first kappa shape index (κ1) is 14.6. The molecule has 0 aliphatic rings. The summed E-state index contributed by atoms with van der Waals surface area (Å²) in [5.41, 5.74) is 0.989. The summed E-state index contributed by atoms with van der Waals surface area (Å²) in [6.07, 6.45) is 2.41. The highest BCUT2D eigenvalue weighted by atomic mass is 35.5. The molecule has 2 aromatic rings. The summed E-state index contributed by atoms with van der Waals surface area (Å²) >= 11 is 6.06. The van der Waals surface area contributed by atoms with Gasteiger partial charge in [-0.25, -0.2) is 4.79 Å². The molecule has 0 amide bonds. The molecule has 1 N–H and O–H groups in total. The number of nitrogens with zero attached hydrogens (tertiary/aromatic N) is 1. The predicted octanol–water partition coefficient (Wildman–Crippen LogP) is 4.10. The van der Waals surface area contributed by atoms with Crippen LogP contribution in [0.15, 0.2) is 48.5 Å². The summed E-state index contributed by atoms with van der Waals surface area (Å²) in [5, 5.41) is 17.9. The highest BCUT2D eigenvalue weighted by molar-refractivity contribution is 6.32. The van der Waals surface area contributed by atoms with Crippen molar-refractivity contribution >= 4 is 23.6 Å². The van der Waals surface area contributed by atoms with E-state index in [-0.39, 0.29) is 0 Å². The van der Waals surface area contributed by atoms with E-state index in [4.69, 9.17) is 26.7 Å². The standard InChI is InChI=1S/C16H10ClNO3/c17-14-9-13(7-5-11(14)6-8-16(19)20)21-15-4-2-1-3-12(15)10-18/h1-9H,(H,19,20)/b8-6+. The molecule has 2 rings (SSSR count). The number of carboxylic acids is 1. The summed E-state index contributed by atoms with van der Waals surface area (Å²) in [6, 6.07) is 13.8. The van der Waals surface area contributed by atoms with Crippen LogP contribution < -0.4 is 4.74 Å². The molecule has 0 bridgehead atoms. The average Bonchev–Trinajstić information content (AvgIpc) is 2.47.